The van der Waals surface area contributed by atoms with Gasteiger partial charge >= 0.3 is 0 Å². The molecule has 0 atom stereocenters. The lowest BCUT2D eigenvalue weighted by molar-refractivity contribution is 0.658. The predicted octanol–water partition coefficient (Wildman–Crippen LogP) is 4.16. The number of hydrogen-bond acceptors (Lipinski definition) is 0. The van der Waals surface area contributed by atoms with Gasteiger partial charge in [0.2, 0.25) is 0 Å². The van der Waals surface area contributed by atoms with Gasteiger partial charge in [0, 0.05) is 18.4 Å². The molecule has 0 unspecified atom stereocenters. The first kappa shape index (κ1) is 12.7. The molecule has 0 aliphatic heterocycles. The van der Waals surface area contributed by atoms with Crippen molar-refractivity contribution in [2.75, 3.05) is 0 Å². The highest BCUT2D eigenvalue weighted by atomic mass is 15.0. The molecular weight excluding hydrogens is 218 g/mol. The van der Waals surface area contributed by atoms with Crippen LogP contribution in [0.4, 0.5) is 0 Å². The van der Waals surface area contributed by atoms with Gasteiger partial charge in [-0.3, -0.25) is 0 Å². The SMILES string of the molecule is C=CCCc1c(C)ccn1CCc1ccccc1. The van der Waals surface area contributed by atoms with Crippen LogP contribution in [-0.4, -0.2) is 4.57 Å². The summed E-state index contributed by atoms with van der Waals surface area (Å²) in [6, 6.07) is 12.9. The van der Waals surface area contributed by atoms with Crippen LogP contribution in [0.5, 0.6) is 0 Å². The Hall–Kier alpha value is -1.76. The van der Waals surface area contributed by atoms with E-state index in [1.54, 1.807) is 0 Å². The summed E-state index contributed by atoms with van der Waals surface area (Å²) < 4.78 is 2.38. The van der Waals surface area contributed by atoms with Crippen LogP contribution in [0.1, 0.15) is 23.2 Å². The average molecular weight is 239 g/mol. The van der Waals surface area contributed by atoms with E-state index < -0.39 is 0 Å². The molecule has 1 heterocycles. The van der Waals surface area contributed by atoms with E-state index in [0.717, 1.165) is 25.8 Å². The maximum atomic E-state index is 3.80. The minimum Gasteiger partial charge on any atom is -0.351 e. The summed E-state index contributed by atoms with van der Waals surface area (Å²) in [5.41, 5.74) is 4.24. The standard InChI is InChI=1S/C17H21N/c1-3-4-10-17-15(2)11-13-18(17)14-12-16-8-6-5-7-9-16/h3,5-9,11,13H,1,4,10,12,14H2,2H3. The molecule has 0 spiro atoms. The molecule has 0 amide bonds. The van der Waals surface area contributed by atoms with Crippen LogP contribution >= 0.6 is 0 Å². The molecule has 1 heteroatoms. The van der Waals surface area contributed by atoms with Gasteiger partial charge in [0.1, 0.15) is 0 Å². The summed E-state index contributed by atoms with van der Waals surface area (Å²) in [7, 11) is 0. The molecule has 0 N–H and O–H groups in total. The van der Waals surface area contributed by atoms with Crippen LogP contribution in [0.3, 0.4) is 0 Å². The van der Waals surface area contributed by atoms with Crippen molar-refractivity contribution in [2.24, 2.45) is 0 Å². The molecule has 1 aromatic heterocycles. The largest absolute Gasteiger partial charge is 0.351 e. The third-order valence-corrected chi connectivity index (χ3v) is 3.38. The summed E-state index contributed by atoms with van der Waals surface area (Å²) in [5.74, 6) is 0. The van der Waals surface area contributed by atoms with E-state index in [0.29, 0.717) is 0 Å². The summed E-state index contributed by atoms with van der Waals surface area (Å²) >= 11 is 0. The molecule has 2 aromatic rings. The molecule has 2 rings (SSSR count). The summed E-state index contributed by atoms with van der Waals surface area (Å²) in [4.78, 5) is 0. The van der Waals surface area contributed by atoms with Crippen molar-refractivity contribution in [3.8, 4) is 0 Å². The minimum absolute atomic E-state index is 1.05. The van der Waals surface area contributed by atoms with Crippen molar-refractivity contribution >= 4 is 0 Å². The van der Waals surface area contributed by atoms with Crippen LogP contribution in [0, 0.1) is 6.92 Å². The molecule has 18 heavy (non-hydrogen) atoms. The lowest BCUT2D eigenvalue weighted by Gasteiger charge is -2.10. The van der Waals surface area contributed by atoms with Crippen LogP contribution in [0.25, 0.3) is 0 Å². The monoisotopic (exact) mass is 239 g/mol. The van der Waals surface area contributed by atoms with Gasteiger partial charge in [0.05, 0.1) is 0 Å². The lowest BCUT2D eigenvalue weighted by Crippen LogP contribution is -2.05. The van der Waals surface area contributed by atoms with E-state index in [-0.39, 0.29) is 0 Å². The zero-order valence-corrected chi connectivity index (χ0v) is 11.1. The van der Waals surface area contributed by atoms with Crippen molar-refractivity contribution in [3.63, 3.8) is 0 Å². The molecule has 94 valence electrons. The molecule has 0 aliphatic carbocycles. The number of aryl methyl sites for hydroxylation is 3. The van der Waals surface area contributed by atoms with Crippen molar-refractivity contribution in [1.29, 1.82) is 0 Å². The number of hydrogen-bond donors (Lipinski definition) is 0. The number of benzene rings is 1. The summed E-state index contributed by atoms with van der Waals surface area (Å²) in [6.07, 6.45) is 7.44. The van der Waals surface area contributed by atoms with Crippen molar-refractivity contribution in [2.45, 2.75) is 32.7 Å². The first-order chi connectivity index (χ1) is 8.81. The fourth-order valence-electron chi connectivity index (χ4n) is 2.30. The van der Waals surface area contributed by atoms with Crippen LogP contribution in [-0.2, 0) is 19.4 Å². The Kier molecular flexibility index (Phi) is 4.40. The normalized spacial score (nSPS) is 10.5. The minimum atomic E-state index is 1.05. The smallest absolute Gasteiger partial charge is 0.0262 e. The van der Waals surface area contributed by atoms with E-state index in [9.17, 15) is 0 Å². The fourth-order valence-corrected chi connectivity index (χ4v) is 2.30. The zero-order chi connectivity index (χ0) is 12.8. The molecule has 0 bridgehead atoms. The highest BCUT2D eigenvalue weighted by molar-refractivity contribution is 5.22. The fraction of sp³-hybridized carbons (Fsp3) is 0.294. The van der Waals surface area contributed by atoms with Gasteiger partial charge in [-0.15, -0.1) is 6.58 Å². The van der Waals surface area contributed by atoms with E-state index >= 15 is 0 Å². The molecule has 0 saturated carbocycles. The third kappa shape index (κ3) is 3.13. The Balaban J connectivity index is 2.03. The van der Waals surface area contributed by atoms with Gasteiger partial charge in [0.15, 0.2) is 0 Å². The second-order valence-electron chi connectivity index (χ2n) is 4.70. The summed E-state index contributed by atoms with van der Waals surface area (Å²) in [5, 5.41) is 0. The molecular formula is C17H21N. The first-order valence-electron chi connectivity index (χ1n) is 6.60. The Bertz CT molecular complexity index is 494. The molecule has 0 aliphatic rings. The Morgan fingerprint density at radius 2 is 1.89 bits per heavy atom. The van der Waals surface area contributed by atoms with Crippen LogP contribution in [0.15, 0.2) is 55.3 Å². The molecule has 0 fully saturated rings. The topological polar surface area (TPSA) is 4.93 Å². The highest BCUT2D eigenvalue weighted by Crippen LogP contribution is 2.14. The number of aromatic nitrogens is 1. The molecule has 1 aromatic carbocycles. The molecule has 0 radical (unpaired) electrons. The van der Waals surface area contributed by atoms with Crippen LogP contribution in [0.2, 0.25) is 0 Å². The quantitative estimate of drug-likeness (QED) is 0.667. The van der Waals surface area contributed by atoms with Crippen LogP contribution < -0.4 is 0 Å². The Morgan fingerprint density at radius 1 is 1.11 bits per heavy atom. The number of nitrogens with zero attached hydrogens (tertiary/aromatic N) is 1. The maximum Gasteiger partial charge on any atom is 0.0262 e. The maximum absolute atomic E-state index is 3.80. The average Bonchev–Trinajstić information content (AvgIpc) is 2.76. The van der Waals surface area contributed by atoms with E-state index in [2.05, 4.69) is 60.7 Å². The number of allylic oxidation sites excluding steroid dienone is 1. The van der Waals surface area contributed by atoms with E-state index in [1.165, 1.54) is 16.8 Å². The van der Waals surface area contributed by atoms with Gasteiger partial charge in [-0.25, -0.2) is 0 Å². The number of rotatable bonds is 6. The van der Waals surface area contributed by atoms with E-state index in [4.69, 9.17) is 0 Å². The van der Waals surface area contributed by atoms with Crippen molar-refractivity contribution < 1.29 is 0 Å². The van der Waals surface area contributed by atoms with Gasteiger partial charge in [0.25, 0.3) is 0 Å². The van der Waals surface area contributed by atoms with Gasteiger partial charge in [-0.2, -0.15) is 0 Å². The zero-order valence-electron chi connectivity index (χ0n) is 11.1. The Labute approximate surface area is 110 Å². The van der Waals surface area contributed by atoms with E-state index in [1.807, 2.05) is 6.08 Å². The molecule has 0 saturated heterocycles. The first-order valence-corrected chi connectivity index (χ1v) is 6.60. The van der Waals surface area contributed by atoms with Crippen molar-refractivity contribution in [3.05, 3.63) is 72.1 Å². The van der Waals surface area contributed by atoms with Gasteiger partial charge in [-0.1, -0.05) is 36.4 Å². The third-order valence-electron chi connectivity index (χ3n) is 3.38. The van der Waals surface area contributed by atoms with Crippen molar-refractivity contribution in [1.82, 2.24) is 4.57 Å². The lowest BCUT2D eigenvalue weighted by atomic mass is 10.1. The second-order valence-corrected chi connectivity index (χ2v) is 4.70. The summed E-state index contributed by atoms with van der Waals surface area (Å²) in [6.45, 7) is 7.06. The highest BCUT2D eigenvalue weighted by Gasteiger charge is 2.04. The van der Waals surface area contributed by atoms with Gasteiger partial charge in [-0.05, 0) is 43.4 Å². The second kappa shape index (κ2) is 6.25. The Morgan fingerprint density at radius 3 is 2.61 bits per heavy atom. The molecule has 1 nitrogen and oxygen atoms in total. The van der Waals surface area contributed by atoms with Gasteiger partial charge < -0.3 is 4.57 Å². The predicted molar refractivity (Wildman–Crippen MR) is 77.8 cm³/mol.